The van der Waals surface area contributed by atoms with Crippen LogP contribution in [0.2, 0.25) is 0 Å². The third-order valence-electron chi connectivity index (χ3n) is 4.43. The fourth-order valence-corrected chi connectivity index (χ4v) is 3.87. The van der Waals surface area contributed by atoms with E-state index < -0.39 is 0 Å². The highest BCUT2D eigenvalue weighted by Crippen LogP contribution is 2.37. The lowest BCUT2D eigenvalue weighted by atomic mass is 9.87. The zero-order valence-electron chi connectivity index (χ0n) is 12.5. The summed E-state index contributed by atoms with van der Waals surface area (Å²) in [7, 11) is 0. The van der Waals surface area contributed by atoms with E-state index in [2.05, 4.69) is 29.5 Å². The molecule has 1 aromatic heterocycles. The molecule has 1 aliphatic rings. The van der Waals surface area contributed by atoms with Crippen LogP contribution in [0.15, 0.2) is 29.6 Å². The molecule has 4 heteroatoms. The number of nitrogens with one attached hydrogen (secondary N) is 1. The van der Waals surface area contributed by atoms with Gasteiger partial charge in [0.1, 0.15) is 10.8 Å². The van der Waals surface area contributed by atoms with Crippen LogP contribution in [0, 0.1) is 11.2 Å². The molecule has 112 valence electrons. The predicted molar refractivity (Wildman–Crippen MR) is 85.8 cm³/mol. The van der Waals surface area contributed by atoms with Crippen molar-refractivity contribution in [1.29, 1.82) is 0 Å². The molecule has 1 aromatic carbocycles. The van der Waals surface area contributed by atoms with E-state index in [-0.39, 0.29) is 5.82 Å². The van der Waals surface area contributed by atoms with Gasteiger partial charge >= 0.3 is 0 Å². The first-order valence-corrected chi connectivity index (χ1v) is 8.36. The minimum Gasteiger partial charge on any atom is -0.308 e. The van der Waals surface area contributed by atoms with Crippen LogP contribution in [-0.2, 0) is 6.54 Å². The Labute approximate surface area is 129 Å². The number of benzene rings is 1. The van der Waals surface area contributed by atoms with Crippen molar-refractivity contribution in [3.8, 4) is 10.6 Å². The normalized spacial score (nSPS) is 20.8. The summed E-state index contributed by atoms with van der Waals surface area (Å²) < 4.78 is 12.9. The van der Waals surface area contributed by atoms with Crippen LogP contribution in [0.5, 0.6) is 0 Å². The molecule has 0 bridgehead atoms. The lowest BCUT2D eigenvalue weighted by molar-refractivity contribution is 0.282. The van der Waals surface area contributed by atoms with Crippen molar-refractivity contribution in [3.63, 3.8) is 0 Å². The summed E-state index contributed by atoms with van der Waals surface area (Å²) in [6, 6.07) is 7.11. The molecular weight excluding hydrogens is 283 g/mol. The summed E-state index contributed by atoms with van der Waals surface area (Å²) in [6.07, 6.45) is 3.85. The topological polar surface area (TPSA) is 24.9 Å². The molecule has 1 aliphatic carbocycles. The Hall–Kier alpha value is -1.26. The van der Waals surface area contributed by atoms with Gasteiger partial charge in [0, 0.05) is 23.5 Å². The van der Waals surface area contributed by atoms with Gasteiger partial charge in [-0.1, -0.05) is 20.3 Å². The number of halogens is 1. The highest BCUT2D eigenvalue weighted by atomic mass is 32.1. The molecule has 1 saturated carbocycles. The number of rotatable bonds is 4. The van der Waals surface area contributed by atoms with Crippen LogP contribution in [0.1, 0.15) is 38.8 Å². The minimum atomic E-state index is -0.208. The van der Waals surface area contributed by atoms with Crippen molar-refractivity contribution in [2.24, 2.45) is 5.41 Å². The third-order valence-corrected chi connectivity index (χ3v) is 5.37. The maximum atomic E-state index is 12.9. The molecule has 0 spiro atoms. The summed E-state index contributed by atoms with van der Waals surface area (Å²) in [5, 5.41) is 6.69. The second kappa shape index (κ2) is 5.85. The molecule has 2 aromatic rings. The minimum absolute atomic E-state index is 0.208. The molecule has 1 atom stereocenters. The van der Waals surface area contributed by atoms with Gasteiger partial charge in [-0.15, -0.1) is 11.3 Å². The van der Waals surface area contributed by atoms with E-state index in [1.165, 1.54) is 31.4 Å². The van der Waals surface area contributed by atoms with Crippen molar-refractivity contribution >= 4 is 11.3 Å². The molecule has 0 radical (unpaired) electrons. The average molecular weight is 304 g/mol. The largest absolute Gasteiger partial charge is 0.308 e. The predicted octanol–water partition coefficient (Wildman–Crippen LogP) is 4.62. The van der Waals surface area contributed by atoms with Gasteiger partial charge in [-0.3, -0.25) is 0 Å². The monoisotopic (exact) mass is 304 g/mol. The fourth-order valence-electron chi connectivity index (χ4n) is 3.05. The van der Waals surface area contributed by atoms with E-state index in [0.29, 0.717) is 11.5 Å². The van der Waals surface area contributed by atoms with E-state index in [1.807, 2.05) is 0 Å². The van der Waals surface area contributed by atoms with Crippen molar-refractivity contribution in [2.75, 3.05) is 0 Å². The summed E-state index contributed by atoms with van der Waals surface area (Å²) in [5.74, 6) is -0.208. The molecule has 0 amide bonds. The van der Waals surface area contributed by atoms with Gasteiger partial charge < -0.3 is 5.32 Å². The van der Waals surface area contributed by atoms with Crippen LogP contribution in [0.3, 0.4) is 0 Å². The summed E-state index contributed by atoms with van der Waals surface area (Å²) in [4.78, 5) is 4.65. The molecular formula is C17H21FN2S. The van der Waals surface area contributed by atoms with Gasteiger partial charge in [0.2, 0.25) is 0 Å². The molecule has 1 heterocycles. The Morgan fingerprint density at radius 1 is 1.33 bits per heavy atom. The molecule has 3 rings (SSSR count). The number of nitrogens with zero attached hydrogens (tertiary/aromatic N) is 1. The number of thiazole rings is 1. The lowest BCUT2D eigenvalue weighted by Crippen LogP contribution is -2.37. The van der Waals surface area contributed by atoms with Gasteiger partial charge in [0.15, 0.2) is 0 Å². The summed E-state index contributed by atoms with van der Waals surface area (Å²) >= 11 is 1.62. The molecule has 1 N–H and O–H groups in total. The number of hydrogen-bond donors (Lipinski definition) is 1. The van der Waals surface area contributed by atoms with E-state index >= 15 is 0 Å². The smallest absolute Gasteiger partial charge is 0.123 e. The standard InChI is InChI=1S/C17H21FN2S/c1-17(2)9-3-4-15(17)19-10-14-11-21-16(20-14)12-5-7-13(18)8-6-12/h5-8,11,15,19H,3-4,9-10H2,1-2H3. The Balaban J connectivity index is 1.64. The number of hydrogen-bond acceptors (Lipinski definition) is 3. The Morgan fingerprint density at radius 2 is 2.10 bits per heavy atom. The van der Waals surface area contributed by atoms with Crippen molar-refractivity contribution in [3.05, 3.63) is 41.2 Å². The Kier molecular flexibility index (Phi) is 4.09. The summed E-state index contributed by atoms with van der Waals surface area (Å²) in [5.41, 5.74) is 2.44. The second-order valence-electron chi connectivity index (χ2n) is 6.47. The maximum Gasteiger partial charge on any atom is 0.123 e. The van der Waals surface area contributed by atoms with Gasteiger partial charge in [-0.25, -0.2) is 9.37 Å². The van der Waals surface area contributed by atoms with E-state index in [9.17, 15) is 4.39 Å². The average Bonchev–Trinajstić information content (AvgIpc) is 3.04. The Bertz CT molecular complexity index is 604. The van der Waals surface area contributed by atoms with E-state index in [4.69, 9.17) is 0 Å². The molecule has 0 aliphatic heterocycles. The van der Waals surface area contributed by atoms with Crippen LogP contribution in [0.25, 0.3) is 10.6 Å². The van der Waals surface area contributed by atoms with Crippen molar-refractivity contribution < 1.29 is 4.39 Å². The maximum absolute atomic E-state index is 12.9. The highest BCUT2D eigenvalue weighted by Gasteiger charge is 2.33. The van der Waals surface area contributed by atoms with Crippen molar-refractivity contribution in [1.82, 2.24) is 10.3 Å². The van der Waals surface area contributed by atoms with E-state index in [0.717, 1.165) is 22.8 Å². The van der Waals surface area contributed by atoms with Crippen LogP contribution >= 0.6 is 11.3 Å². The van der Waals surface area contributed by atoms with Crippen LogP contribution < -0.4 is 5.32 Å². The van der Waals surface area contributed by atoms with Crippen LogP contribution in [-0.4, -0.2) is 11.0 Å². The molecule has 1 unspecified atom stereocenters. The second-order valence-corrected chi connectivity index (χ2v) is 7.32. The van der Waals surface area contributed by atoms with Crippen LogP contribution in [0.4, 0.5) is 4.39 Å². The first-order valence-electron chi connectivity index (χ1n) is 7.48. The first kappa shape index (κ1) is 14.7. The molecule has 21 heavy (non-hydrogen) atoms. The summed E-state index contributed by atoms with van der Waals surface area (Å²) in [6.45, 7) is 5.48. The zero-order chi connectivity index (χ0) is 14.9. The lowest BCUT2D eigenvalue weighted by Gasteiger charge is -2.27. The number of aromatic nitrogens is 1. The quantitative estimate of drug-likeness (QED) is 0.891. The highest BCUT2D eigenvalue weighted by molar-refractivity contribution is 7.13. The SMILES string of the molecule is CC1(C)CCCC1NCc1csc(-c2ccc(F)cc2)n1. The van der Waals surface area contributed by atoms with Gasteiger partial charge in [-0.2, -0.15) is 0 Å². The molecule has 0 saturated heterocycles. The fraction of sp³-hybridized carbons (Fsp3) is 0.471. The van der Waals surface area contributed by atoms with Gasteiger partial charge in [0.05, 0.1) is 5.69 Å². The zero-order valence-corrected chi connectivity index (χ0v) is 13.3. The van der Waals surface area contributed by atoms with Crippen molar-refractivity contribution in [2.45, 2.75) is 45.7 Å². The molecule has 2 nitrogen and oxygen atoms in total. The van der Waals surface area contributed by atoms with E-state index in [1.54, 1.807) is 23.5 Å². The molecule has 1 fully saturated rings. The third kappa shape index (κ3) is 3.33. The van der Waals surface area contributed by atoms with Gasteiger partial charge in [0.25, 0.3) is 0 Å². The van der Waals surface area contributed by atoms with Gasteiger partial charge in [-0.05, 0) is 42.5 Å². The Morgan fingerprint density at radius 3 is 2.76 bits per heavy atom. The first-order chi connectivity index (χ1) is 10.0.